The summed E-state index contributed by atoms with van der Waals surface area (Å²) in [7, 11) is 0. The van der Waals surface area contributed by atoms with E-state index in [1.54, 1.807) is 0 Å². The molecule has 0 aliphatic heterocycles. The smallest absolute Gasteiger partial charge is 0.0449 e. The molecule has 0 unspecified atom stereocenters. The van der Waals surface area contributed by atoms with Crippen LogP contribution in [0.1, 0.15) is 0 Å². The fourth-order valence-corrected chi connectivity index (χ4v) is 12.4. The minimum absolute atomic E-state index is 1.23. The highest BCUT2D eigenvalue weighted by Gasteiger charge is 2.21. The Morgan fingerprint density at radius 3 is 1.11 bits per heavy atom. The first-order valence-corrected chi connectivity index (χ1v) is 23.5. The summed E-state index contributed by atoms with van der Waals surface area (Å²) in [5.41, 5.74) is 10.1. The topological polar surface area (TPSA) is 0 Å². The molecule has 0 bridgehead atoms. The molecule has 0 N–H and O–H groups in total. The van der Waals surface area contributed by atoms with Crippen molar-refractivity contribution in [2.45, 2.75) is 0 Å². The van der Waals surface area contributed by atoms with Gasteiger partial charge in [-0.3, -0.25) is 0 Å². The predicted octanol–water partition coefficient (Wildman–Crippen LogP) is 18.7. The molecular weight excluding hydrogens is 809 g/mol. The largest absolute Gasteiger partial charge is 0.134 e. The van der Waals surface area contributed by atoms with E-state index in [2.05, 4.69) is 231 Å². The first kappa shape index (κ1) is 37.0. The van der Waals surface area contributed by atoms with Crippen LogP contribution in [0, 0.1) is 0 Å². The molecule has 11 aromatic carbocycles. The third-order valence-corrected chi connectivity index (χ3v) is 15.5. The lowest BCUT2D eigenvalue weighted by Gasteiger charge is -2.19. The van der Waals surface area contributed by atoms with E-state index in [0.29, 0.717) is 0 Å². The summed E-state index contributed by atoms with van der Waals surface area (Å²) in [6, 6.07) is 85.5. The van der Waals surface area contributed by atoms with Gasteiger partial charge in [0, 0.05) is 25.1 Å². The van der Waals surface area contributed by atoms with Crippen LogP contribution in [0.25, 0.3) is 129 Å². The molecule has 0 atom stereocenters. The average Bonchev–Trinajstić information content (AvgIpc) is 4.06. The van der Waals surface area contributed by atoms with Crippen LogP contribution >= 0.6 is 22.7 Å². The Hall–Kier alpha value is -7.62. The molecule has 0 saturated heterocycles. The van der Waals surface area contributed by atoms with Crippen LogP contribution in [0.4, 0.5) is 0 Å². The van der Waals surface area contributed by atoms with E-state index in [4.69, 9.17) is 0 Å². The van der Waals surface area contributed by atoms with Gasteiger partial charge in [-0.1, -0.05) is 188 Å². The van der Waals surface area contributed by atoms with Gasteiger partial charge in [-0.25, -0.2) is 0 Å². The van der Waals surface area contributed by atoms with Crippen molar-refractivity contribution < 1.29 is 0 Å². The monoisotopic (exact) mass is 846 g/mol. The van der Waals surface area contributed by atoms with E-state index in [0.717, 1.165) is 0 Å². The van der Waals surface area contributed by atoms with Gasteiger partial charge in [-0.15, -0.1) is 22.7 Å². The normalized spacial score (nSPS) is 11.8. The number of hydrogen-bond donors (Lipinski definition) is 0. The van der Waals surface area contributed by atoms with Crippen LogP contribution in [-0.2, 0) is 0 Å². The Morgan fingerprint density at radius 1 is 0.188 bits per heavy atom. The summed E-state index contributed by atoms with van der Waals surface area (Å²) in [5.74, 6) is 0. The third-order valence-electron chi connectivity index (χ3n) is 13.1. The van der Waals surface area contributed by atoms with Crippen molar-refractivity contribution in [3.05, 3.63) is 231 Å². The number of thiophene rings is 2. The third kappa shape index (κ3) is 6.02. The maximum Gasteiger partial charge on any atom is 0.0449 e. The first-order valence-electron chi connectivity index (χ1n) is 21.9. The lowest BCUT2D eigenvalue weighted by atomic mass is 9.84. The van der Waals surface area contributed by atoms with E-state index in [1.807, 2.05) is 22.7 Å². The Labute approximate surface area is 379 Å². The molecule has 0 amide bonds. The summed E-state index contributed by atoms with van der Waals surface area (Å²) in [6.07, 6.45) is 0. The van der Waals surface area contributed by atoms with E-state index in [1.165, 1.54) is 129 Å². The van der Waals surface area contributed by atoms with E-state index in [9.17, 15) is 0 Å². The Balaban J connectivity index is 0.969. The van der Waals surface area contributed by atoms with Gasteiger partial charge in [0.1, 0.15) is 0 Å². The number of rotatable bonds is 6. The zero-order valence-electron chi connectivity index (χ0n) is 34.8. The molecule has 2 heterocycles. The van der Waals surface area contributed by atoms with Gasteiger partial charge in [0.2, 0.25) is 0 Å². The minimum atomic E-state index is 1.23. The highest BCUT2D eigenvalue weighted by atomic mass is 32.1. The van der Waals surface area contributed by atoms with Gasteiger partial charge < -0.3 is 0 Å². The van der Waals surface area contributed by atoms with Crippen molar-refractivity contribution in [2.75, 3.05) is 0 Å². The van der Waals surface area contributed by atoms with Crippen LogP contribution in [0.3, 0.4) is 0 Å². The highest BCUT2D eigenvalue weighted by Crippen LogP contribution is 2.49. The summed E-state index contributed by atoms with van der Waals surface area (Å²) in [4.78, 5) is 5.12. The lowest BCUT2D eigenvalue weighted by Crippen LogP contribution is -1.92. The van der Waals surface area contributed by atoms with Gasteiger partial charge >= 0.3 is 0 Å². The maximum absolute atomic E-state index is 2.46. The average molecular weight is 847 g/mol. The Bertz CT molecular complexity index is 3900. The van der Waals surface area contributed by atoms with E-state index < -0.39 is 0 Å². The van der Waals surface area contributed by atoms with E-state index in [-0.39, 0.29) is 0 Å². The van der Waals surface area contributed by atoms with Crippen LogP contribution in [0.15, 0.2) is 231 Å². The molecule has 298 valence electrons. The van der Waals surface area contributed by atoms with Crippen LogP contribution < -0.4 is 0 Å². The molecule has 64 heavy (non-hydrogen) atoms. The van der Waals surface area contributed by atoms with Gasteiger partial charge in [0.05, 0.1) is 0 Å². The molecule has 0 aliphatic carbocycles. The predicted molar refractivity (Wildman–Crippen MR) is 280 cm³/mol. The SMILES string of the molecule is c1ccc(-c2c3ccccc3c(-c3ccc(-c4ccc(-c5ccc6c(-c7ccc8ccccc8c7)c7ccccc7c(-c7ccc8ccccc8c7)c6c5)s4)s3)c3ccccc23)cc1. The molecule has 0 aliphatic rings. The van der Waals surface area contributed by atoms with Crippen LogP contribution in [0.5, 0.6) is 0 Å². The zero-order chi connectivity index (χ0) is 42.1. The molecule has 0 nitrogen and oxygen atoms in total. The van der Waals surface area contributed by atoms with Gasteiger partial charge in [0.25, 0.3) is 0 Å². The zero-order valence-corrected chi connectivity index (χ0v) is 36.4. The Morgan fingerprint density at radius 2 is 0.562 bits per heavy atom. The van der Waals surface area contributed by atoms with Crippen LogP contribution in [0.2, 0.25) is 0 Å². The van der Waals surface area contributed by atoms with Crippen molar-refractivity contribution in [3.63, 3.8) is 0 Å². The number of hydrogen-bond acceptors (Lipinski definition) is 2. The first-order chi connectivity index (χ1) is 31.7. The standard InChI is InChI=1S/C62H38S2/c1-2-16-41(17-3-1)59-49-22-10-12-24-51(49)62(52-25-13-11-23-50(52)59)58-35-34-57(64-58)56-33-32-55(63-56)44-30-31-53-54(38-44)61(46-29-27-40-15-5-7-19-43(40)37-46)48-21-9-8-20-47(48)60(53)45-28-26-39-14-4-6-18-42(39)36-45/h1-38H. The second kappa shape index (κ2) is 15.0. The summed E-state index contributed by atoms with van der Waals surface area (Å²) < 4.78 is 0. The molecule has 2 heteroatoms. The van der Waals surface area contributed by atoms with Crippen molar-refractivity contribution in [1.82, 2.24) is 0 Å². The number of benzene rings is 11. The van der Waals surface area contributed by atoms with Crippen molar-refractivity contribution in [3.8, 4) is 64.0 Å². The van der Waals surface area contributed by atoms with Gasteiger partial charge in [0.15, 0.2) is 0 Å². The fraction of sp³-hybridized carbons (Fsp3) is 0. The molecular formula is C62H38S2. The number of fused-ring (bicyclic) bond motifs is 6. The second-order valence-electron chi connectivity index (χ2n) is 16.7. The van der Waals surface area contributed by atoms with Crippen molar-refractivity contribution in [2.24, 2.45) is 0 Å². The molecule has 0 radical (unpaired) electrons. The molecule has 13 aromatic rings. The molecule has 2 aromatic heterocycles. The maximum atomic E-state index is 2.46. The van der Waals surface area contributed by atoms with Gasteiger partial charge in [-0.05, 0) is 146 Å². The van der Waals surface area contributed by atoms with Crippen molar-refractivity contribution in [1.29, 1.82) is 0 Å². The molecule has 0 fully saturated rings. The molecule has 0 saturated carbocycles. The summed E-state index contributed by atoms with van der Waals surface area (Å²) in [6.45, 7) is 0. The van der Waals surface area contributed by atoms with Crippen LogP contribution in [-0.4, -0.2) is 0 Å². The van der Waals surface area contributed by atoms with Gasteiger partial charge in [-0.2, -0.15) is 0 Å². The van der Waals surface area contributed by atoms with E-state index >= 15 is 0 Å². The quantitative estimate of drug-likeness (QED) is 0.146. The molecule has 13 rings (SSSR count). The van der Waals surface area contributed by atoms with Crippen molar-refractivity contribution >= 4 is 87.3 Å². The Kier molecular flexibility index (Phi) is 8.69. The highest BCUT2D eigenvalue weighted by molar-refractivity contribution is 7.25. The minimum Gasteiger partial charge on any atom is -0.134 e. The second-order valence-corrected chi connectivity index (χ2v) is 18.9. The molecule has 0 spiro atoms. The summed E-state index contributed by atoms with van der Waals surface area (Å²) >= 11 is 3.78. The fourth-order valence-electron chi connectivity index (χ4n) is 10.2. The lowest BCUT2D eigenvalue weighted by molar-refractivity contribution is 1.67. The summed E-state index contributed by atoms with van der Waals surface area (Å²) in [5, 5.41) is 15.2.